The number of carboxylic acids is 1. The normalized spacial score (nSPS) is 23.5. The van der Waals surface area contributed by atoms with E-state index in [2.05, 4.69) is 0 Å². The second-order valence-corrected chi connectivity index (χ2v) is 5.03. The molecule has 1 heterocycles. The summed E-state index contributed by atoms with van der Waals surface area (Å²) in [4.78, 5) is 24.8. The number of likely N-dealkylation sites (tertiary alicyclic amines) is 1. The summed E-state index contributed by atoms with van der Waals surface area (Å²) < 4.78 is 37.3. The van der Waals surface area contributed by atoms with Gasteiger partial charge in [0.1, 0.15) is 6.54 Å². The standard InChI is InChI=1S/C11H15F3N2O3/c12-11(13,14)6-16(8-1-2-8)10(19)15-4-3-7(5-15)9(17)18/h7-8H,1-6H2,(H,17,18). The smallest absolute Gasteiger partial charge is 0.406 e. The number of rotatable bonds is 3. The zero-order valence-electron chi connectivity index (χ0n) is 10.2. The van der Waals surface area contributed by atoms with Crippen LogP contribution in [0, 0.1) is 5.92 Å². The summed E-state index contributed by atoms with van der Waals surface area (Å²) in [5.74, 6) is -1.68. The van der Waals surface area contributed by atoms with Crippen LogP contribution in [-0.2, 0) is 4.79 Å². The molecule has 1 saturated heterocycles. The summed E-state index contributed by atoms with van der Waals surface area (Å²) in [7, 11) is 0. The molecule has 0 spiro atoms. The van der Waals surface area contributed by atoms with E-state index in [1.165, 1.54) is 4.90 Å². The number of amides is 2. The largest absolute Gasteiger partial charge is 0.481 e. The minimum Gasteiger partial charge on any atom is -0.481 e. The quantitative estimate of drug-likeness (QED) is 0.853. The number of hydrogen-bond donors (Lipinski definition) is 1. The predicted octanol–water partition coefficient (Wildman–Crippen LogP) is 1.54. The van der Waals surface area contributed by atoms with Crippen molar-refractivity contribution in [3.63, 3.8) is 0 Å². The number of alkyl halides is 3. The Morgan fingerprint density at radius 1 is 1.26 bits per heavy atom. The number of carbonyl (C=O) groups excluding carboxylic acids is 1. The Balaban J connectivity index is 1.98. The molecule has 1 aliphatic carbocycles. The lowest BCUT2D eigenvalue weighted by Crippen LogP contribution is -2.47. The third-order valence-corrected chi connectivity index (χ3v) is 3.39. The Hall–Kier alpha value is -1.47. The minimum atomic E-state index is -4.43. The first-order chi connectivity index (χ1) is 8.78. The average Bonchev–Trinajstić information content (AvgIpc) is 3.00. The van der Waals surface area contributed by atoms with Crippen molar-refractivity contribution in [1.29, 1.82) is 0 Å². The molecule has 0 aromatic rings. The predicted molar refractivity (Wildman–Crippen MR) is 58.5 cm³/mol. The molecule has 1 unspecified atom stereocenters. The van der Waals surface area contributed by atoms with E-state index in [0.29, 0.717) is 19.3 Å². The summed E-state index contributed by atoms with van der Waals surface area (Å²) in [6.07, 6.45) is -2.97. The van der Waals surface area contributed by atoms with E-state index >= 15 is 0 Å². The van der Waals surface area contributed by atoms with Crippen LogP contribution in [0.5, 0.6) is 0 Å². The molecule has 8 heteroatoms. The summed E-state index contributed by atoms with van der Waals surface area (Å²) in [6, 6.07) is -1.04. The van der Waals surface area contributed by atoms with Crippen LogP contribution in [0.1, 0.15) is 19.3 Å². The molecule has 2 fully saturated rings. The van der Waals surface area contributed by atoms with Crippen molar-refractivity contribution < 1.29 is 27.9 Å². The fourth-order valence-electron chi connectivity index (χ4n) is 2.25. The van der Waals surface area contributed by atoms with E-state index < -0.39 is 30.6 Å². The lowest BCUT2D eigenvalue weighted by atomic mass is 10.1. The Labute approximate surface area is 108 Å². The highest BCUT2D eigenvalue weighted by atomic mass is 19.4. The summed E-state index contributed by atoms with van der Waals surface area (Å²) >= 11 is 0. The van der Waals surface area contributed by atoms with Crippen LogP contribution in [0.2, 0.25) is 0 Å². The highest BCUT2D eigenvalue weighted by Gasteiger charge is 2.43. The maximum absolute atomic E-state index is 12.4. The van der Waals surface area contributed by atoms with Gasteiger partial charge in [0.15, 0.2) is 0 Å². The van der Waals surface area contributed by atoms with Crippen LogP contribution in [-0.4, -0.2) is 58.8 Å². The van der Waals surface area contributed by atoms with Crippen LogP contribution in [0.4, 0.5) is 18.0 Å². The minimum absolute atomic E-state index is 0.00472. The Morgan fingerprint density at radius 3 is 2.32 bits per heavy atom. The Bertz CT molecular complexity index is 382. The van der Waals surface area contributed by atoms with Gasteiger partial charge in [-0.2, -0.15) is 13.2 Å². The molecule has 2 aliphatic rings. The summed E-state index contributed by atoms with van der Waals surface area (Å²) in [5.41, 5.74) is 0. The van der Waals surface area contributed by atoms with Gasteiger partial charge < -0.3 is 14.9 Å². The lowest BCUT2D eigenvalue weighted by molar-refractivity contribution is -0.143. The van der Waals surface area contributed by atoms with Gasteiger partial charge in [0.2, 0.25) is 0 Å². The van der Waals surface area contributed by atoms with Crippen molar-refractivity contribution in [2.24, 2.45) is 5.92 Å². The van der Waals surface area contributed by atoms with Crippen LogP contribution in [0.15, 0.2) is 0 Å². The zero-order valence-corrected chi connectivity index (χ0v) is 10.2. The molecule has 19 heavy (non-hydrogen) atoms. The molecule has 2 rings (SSSR count). The molecule has 5 nitrogen and oxygen atoms in total. The topological polar surface area (TPSA) is 60.9 Å². The van der Waals surface area contributed by atoms with Crippen LogP contribution in [0.25, 0.3) is 0 Å². The highest BCUT2D eigenvalue weighted by molar-refractivity contribution is 5.78. The van der Waals surface area contributed by atoms with Gasteiger partial charge in [-0.15, -0.1) is 0 Å². The second-order valence-electron chi connectivity index (χ2n) is 5.03. The first-order valence-corrected chi connectivity index (χ1v) is 6.13. The number of hydrogen-bond acceptors (Lipinski definition) is 2. The van der Waals surface area contributed by atoms with E-state index in [0.717, 1.165) is 4.90 Å². The van der Waals surface area contributed by atoms with E-state index in [4.69, 9.17) is 5.11 Å². The molecular weight excluding hydrogens is 265 g/mol. The van der Waals surface area contributed by atoms with Gasteiger partial charge in [0, 0.05) is 19.1 Å². The van der Waals surface area contributed by atoms with Crippen molar-refractivity contribution in [3.8, 4) is 0 Å². The molecule has 1 atom stereocenters. The zero-order chi connectivity index (χ0) is 14.2. The SMILES string of the molecule is O=C(O)C1CCN(C(=O)N(CC(F)(F)F)C2CC2)C1. The highest BCUT2D eigenvalue weighted by Crippen LogP contribution is 2.32. The van der Waals surface area contributed by atoms with Crippen molar-refractivity contribution in [3.05, 3.63) is 0 Å². The molecule has 108 valence electrons. The van der Waals surface area contributed by atoms with Crippen molar-refractivity contribution in [2.75, 3.05) is 19.6 Å². The van der Waals surface area contributed by atoms with Gasteiger partial charge in [0.05, 0.1) is 5.92 Å². The average molecular weight is 280 g/mol. The van der Waals surface area contributed by atoms with Gasteiger partial charge in [0.25, 0.3) is 0 Å². The number of halogens is 3. The first kappa shape index (κ1) is 14.0. The van der Waals surface area contributed by atoms with Gasteiger partial charge in [-0.3, -0.25) is 4.79 Å². The fraction of sp³-hybridized carbons (Fsp3) is 0.818. The van der Waals surface area contributed by atoms with Crippen LogP contribution in [0.3, 0.4) is 0 Å². The van der Waals surface area contributed by atoms with Crippen molar-refractivity contribution >= 4 is 12.0 Å². The number of carbonyl (C=O) groups is 2. The third kappa shape index (κ3) is 3.51. The second kappa shape index (κ2) is 4.90. The molecule has 1 saturated carbocycles. The molecule has 1 aliphatic heterocycles. The van der Waals surface area contributed by atoms with E-state index in [1.54, 1.807) is 0 Å². The molecular formula is C11H15F3N2O3. The molecule has 1 N–H and O–H groups in total. The summed E-state index contributed by atoms with van der Waals surface area (Å²) in [6.45, 7) is -1.06. The first-order valence-electron chi connectivity index (χ1n) is 6.13. The van der Waals surface area contributed by atoms with Crippen molar-refractivity contribution in [2.45, 2.75) is 31.5 Å². The summed E-state index contributed by atoms with van der Waals surface area (Å²) in [5, 5.41) is 8.83. The molecule has 2 amide bonds. The van der Waals surface area contributed by atoms with Crippen LogP contribution < -0.4 is 0 Å². The fourth-order valence-corrected chi connectivity index (χ4v) is 2.25. The van der Waals surface area contributed by atoms with Gasteiger partial charge >= 0.3 is 18.2 Å². The molecule has 0 bridgehead atoms. The van der Waals surface area contributed by atoms with Gasteiger partial charge in [-0.1, -0.05) is 0 Å². The third-order valence-electron chi connectivity index (χ3n) is 3.39. The van der Waals surface area contributed by atoms with E-state index in [1.807, 2.05) is 0 Å². The Kier molecular flexibility index (Phi) is 3.60. The molecule has 0 aromatic heterocycles. The number of nitrogens with zero attached hydrogens (tertiary/aromatic N) is 2. The number of aliphatic carboxylic acids is 1. The lowest BCUT2D eigenvalue weighted by Gasteiger charge is -2.28. The monoisotopic (exact) mass is 280 g/mol. The van der Waals surface area contributed by atoms with Gasteiger partial charge in [-0.05, 0) is 19.3 Å². The van der Waals surface area contributed by atoms with Crippen molar-refractivity contribution in [1.82, 2.24) is 9.80 Å². The molecule has 0 aromatic carbocycles. The van der Waals surface area contributed by atoms with E-state index in [9.17, 15) is 22.8 Å². The van der Waals surface area contributed by atoms with Gasteiger partial charge in [-0.25, -0.2) is 4.79 Å². The van der Waals surface area contributed by atoms with E-state index in [-0.39, 0.29) is 19.1 Å². The number of urea groups is 1. The number of carboxylic acid groups (broad SMARTS) is 1. The van der Waals surface area contributed by atoms with Crippen LogP contribution >= 0.6 is 0 Å². The maximum atomic E-state index is 12.4. The molecule has 0 radical (unpaired) electrons. The Morgan fingerprint density at radius 2 is 1.89 bits per heavy atom. The maximum Gasteiger partial charge on any atom is 0.406 e.